The van der Waals surface area contributed by atoms with Gasteiger partial charge in [0.1, 0.15) is 11.2 Å². The van der Waals surface area contributed by atoms with Gasteiger partial charge < -0.3 is 9.32 Å². The van der Waals surface area contributed by atoms with Crippen LogP contribution in [0.25, 0.3) is 77.4 Å². The van der Waals surface area contributed by atoms with Crippen molar-refractivity contribution in [2.45, 2.75) is 0 Å². The van der Waals surface area contributed by atoms with E-state index in [9.17, 15) is 0 Å². The first-order valence-electron chi connectivity index (χ1n) is 17.5. The Morgan fingerprint density at radius 3 is 1.92 bits per heavy atom. The van der Waals surface area contributed by atoms with Crippen molar-refractivity contribution in [3.05, 3.63) is 188 Å². The molecule has 8 aromatic carbocycles. The molecule has 0 aliphatic heterocycles. The second kappa shape index (κ2) is 12.4. The van der Waals surface area contributed by atoms with E-state index in [1.165, 1.54) is 21.9 Å². The van der Waals surface area contributed by atoms with Crippen molar-refractivity contribution in [1.82, 2.24) is 9.97 Å². The largest absolute Gasteiger partial charge is 0.456 e. The van der Waals surface area contributed by atoms with Crippen LogP contribution in [0.4, 0.5) is 17.1 Å². The van der Waals surface area contributed by atoms with Crippen molar-refractivity contribution in [3.8, 4) is 33.8 Å². The molecule has 0 amide bonds. The predicted molar refractivity (Wildman–Crippen MR) is 215 cm³/mol. The standard InChI is InChI=1S/C48H31N3O/c1-3-12-32(13-4-1)34-24-27-39(28-25-34)51(38-16-5-2-6-17-38)43-20-11-21-44-46(43)41-29-26-37(31-45(41)52-44)48-49-42-19-10-9-18-40(42)47(50-48)36-23-22-33-14-7-8-15-35(33)30-36/h1-31H. The molecule has 2 heterocycles. The second-order valence-electron chi connectivity index (χ2n) is 13.0. The number of aromatic nitrogens is 2. The fourth-order valence-corrected chi connectivity index (χ4v) is 7.33. The van der Waals surface area contributed by atoms with Gasteiger partial charge in [-0.05, 0) is 82.6 Å². The highest BCUT2D eigenvalue weighted by atomic mass is 16.3. The van der Waals surface area contributed by atoms with Crippen molar-refractivity contribution < 1.29 is 4.42 Å². The van der Waals surface area contributed by atoms with Crippen LogP contribution in [-0.2, 0) is 0 Å². The molecule has 0 aliphatic carbocycles. The van der Waals surface area contributed by atoms with Gasteiger partial charge >= 0.3 is 0 Å². The van der Waals surface area contributed by atoms with Gasteiger partial charge in [-0.1, -0.05) is 127 Å². The summed E-state index contributed by atoms with van der Waals surface area (Å²) in [5, 5.41) is 5.49. The summed E-state index contributed by atoms with van der Waals surface area (Å²) in [4.78, 5) is 12.6. The molecular formula is C48H31N3O. The van der Waals surface area contributed by atoms with Crippen molar-refractivity contribution >= 4 is 60.7 Å². The number of benzene rings is 8. The Hall–Kier alpha value is -7.04. The van der Waals surface area contributed by atoms with Crippen molar-refractivity contribution in [1.29, 1.82) is 0 Å². The monoisotopic (exact) mass is 665 g/mol. The first kappa shape index (κ1) is 29.8. The van der Waals surface area contributed by atoms with Crippen LogP contribution < -0.4 is 4.90 Å². The predicted octanol–water partition coefficient (Wildman–Crippen LogP) is 13.2. The van der Waals surface area contributed by atoms with Gasteiger partial charge in [-0.2, -0.15) is 0 Å². The van der Waals surface area contributed by atoms with E-state index in [0.29, 0.717) is 5.82 Å². The number of furan rings is 1. The van der Waals surface area contributed by atoms with Crippen LogP contribution in [0, 0.1) is 0 Å². The Kier molecular flexibility index (Phi) is 7.10. The fraction of sp³-hybridized carbons (Fsp3) is 0. The molecule has 0 spiro atoms. The van der Waals surface area contributed by atoms with Gasteiger partial charge in [-0.15, -0.1) is 0 Å². The third-order valence-electron chi connectivity index (χ3n) is 9.85. The third-order valence-corrected chi connectivity index (χ3v) is 9.85. The highest BCUT2D eigenvalue weighted by Gasteiger charge is 2.20. The van der Waals surface area contributed by atoms with Gasteiger partial charge in [0, 0.05) is 33.3 Å². The van der Waals surface area contributed by atoms with Crippen LogP contribution >= 0.6 is 0 Å². The molecule has 0 unspecified atom stereocenters. The molecule has 0 saturated heterocycles. The SMILES string of the molecule is c1ccc(-c2ccc(N(c3ccccc3)c3cccc4oc5cc(-c6nc(-c7ccc8ccccc8c7)c7ccccc7n6)ccc5c34)cc2)cc1. The summed E-state index contributed by atoms with van der Waals surface area (Å²) < 4.78 is 6.62. The van der Waals surface area contributed by atoms with Crippen LogP contribution in [0.1, 0.15) is 0 Å². The minimum Gasteiger partial charge on any atom is -0.456 e. The quantitative estimate of drug-likeness (QED) is 0.177. The van der Waals surface area contributed by atoms with E-state index in [0.717, 1.165) is 66.7 Å². The molecule has 52 heavy (non-hydrogen) atoms. The molecule has 0 fully saturated rings. The van der Waals surface area contributed by atoms with Crippen LogP contribution in [-0.4, -0.2) is 9.97 Å². The lowest BCUT2D eigenvalue weighted by atomic mass is 10.0. The first-order valence-corrected chi connectivity index (χ1v) is 17.5. The van der Waals surface area contributed by atoms with Gasteiger partial charge in [0.05, 0.1) is 22.3 Å². The zero-order valence-electron chi connectivity index (χ0n) is 28.1. The molecule has 10 aromatic rings. The summed E-state index contributed by atoms with van der Waals surface area (Å²) in [7, 11) is 0. The van der Waals surface area contributed by atoms with Crippen LogP contribution in [0.3, 0.4) is 0 Å². The van der Waals surface area contributed by atoms with Gasteiger partial charge in [0.15, 0.2) is 5.82 Å². The van der Waals surface area contributed by atoms with Gasteiger partial charge in [0.25, 0.3) is 0 Å². The molecule has 0 atom stereocenters. The summed E-state index contributed by atoms with van der Waals surface area (Å²) in [6.07, 6.45) is 0. The zero-order chi connectivity index (χ0) is 34.4. The Labute approximate surface area is 300 Å². The summed E-state index contributed by atoms with van der Waals surface area (Å²) in [5.74, 6) is 0.661. The fourth-order valence-electron chi connectivity index (χ4n) is 7.33. The molecule has 0 radical (unpaired) electrons. The van der Waals surface area contributed by atoms with Crippen molar-refractivity contribution in [2.24, 2.45) is 0 Å². The van der Waals surface area contributed by atoms with E-state index in [-0.39, 0.29) is 0 Å². The molecular weight excluding hydrogens is 635 g/mol. The number of fused-ring (bicyclic) bond motifs is 5. The average Bonchev–Trinajstić information content (AvgIpc) is 3.60. The smallest absolute Gasteiger partial charge is 0.160 e. The number of para-hydroxylation sites is 2. The third kappa shape index (κ3) is 5.17. The van der Waals surface area contributed by atoms with Crippen molar-refractivity contribution in [3.63, 3.8) is 0 Å². The lowest BCUT2D eigenvalue weighted by Gasteiger charge is -2.26. The van der Waals surface area contributed by atoms with E-state index < -0.39 is 0 Å². The van der Waals surface area contributed by atoms with Crippen molar-refractivity contribution in [2.75, 3.05) is 4.90 Å². The van der Waals surface area contributed by atoms with Gasteiger partial charge in [-0.3, -0.25) is 0 Å². The Morgan fingerprint density at radius 2 is 1.08 bits per heavy atom. The summed E-state index contributed by atoms with van der Waals surface area (Å²) >= 11 is 0. The lowest BCUT2D eigenvalue weighted by molar-refractivity contribution is 0.669. The maximum Gasteiger partial charge on any atom is 0.160 e. The number of nitrogens with zero attached hydrogens (tertiary/aromatic N) is 3. The molecule has 4 heteroatoms. The molecule has 10 rings (SSSR count). The number of anilines is 3. The molecule has 2 aromatic heterocycles. The minimum atomic E-state index is 0.661. The Balaban J connectivity index is 1.11. The van der Waals surface area contributed by atoms with Gasteiger partial charge in [-0.25, -0.2) is 9.97 Å². The van der Waals surface area contributed by atoms with E-state index in [1.54, 1.807) is 0 Å². The minimum absolute atomic E-state index is 0.661. The Morgan fingerprint density at radius 1 is 0.404 bits per heavy atom. The van der Waals surface area contributed by atoms with E-state index in [4.69, 9.17) is 14.4 Å². The highest BCUT2D eigenvalue weighted by Crippen LogP contribution is 2.44. The summed E-state index contributed by atoms with van der Waals surface area (Å²) in [6, 6.07) is 65.6. The zero-order valence-corrected chi connectivity index (χ0v) is 28.1. The first-order chi connectivity index (χ1) is 25.8. The highest BCUT2D eigenvalue weighted by molar-refractivity contribution is 6.14. The molecule has 0 bridgehead atoms. The molecule has 4 nitrogen and oxygen atoms in total. The lowest BCUT2D eigenvalue weighted by Crippen LogP contribution is -2.10. The van der Waals surface area contributed by atoms with Crippen LogP contribution in [0.15, 0.2) is 192 Å². The van der Waals surface area contributed by atoms with Gasteiger partial charge in [0.2, 0.25) is 0 Å². The summed E-state index contributed by atoms with van der Waals surface area (Å²) in [5.41, 5.74) is 10.9. The number of hydrogen-bond acceptors (Lipinski definition) is 4. The molecule has 244 valence electrons. The number of rotatable bonds is 6. The topological polar surface area (TPSA) is 42.2 Å². The van der Waals surface area contributed by atoms with Crippen LogP contribution in [0.5, 0.6) is 0 Å². The Bertz CT molecular complexity index is 2900. The maximum atomic E-state index is 6.62. The van der Waals surface area contributed by atoms with E-state index in [1.807, 2.05) is 24.3 Å². The van der Waals surface area contributed by atoms with E-state index >= 15 is 0 Å². The molecule has 0 saturated carbocycles. The van der Waals surface area contributed by atoms with Crippen LogP contribution in [0.2, 0.25) is 0 Å². The second-order valence-corrected chi connectivity index (χ2v) is 13.0. The van der Waals surface area contributed by atoms with E-state index in [2.05, 4.69) is 169 Å². The molecule has 0 aliphatic rings. The normalized spacial score (nSPS) is 11.5. The molecule has 0 N–H and O–H groups in total. The summed E-state index contributed by atoms with van der Waals surface area (Å²) in [6.45, 7) is 0. The maximum absolute atomic E-state index is 6.62. The number of hydrogen-bond donors (Lipinski definition) is 0. The average molecular weight is 666 g/mol.